The Bertz CT molecular complexity index is 756. The second-order valence-corrected chi connectivity index (χ2v) is 7.29. The van der Waals surface area contributed by atoms with E-state index >= 15 is 0 Å². The van der Waals surface area contributed by atoms with E-state index in [1.54, 1.807) is 4.90 Å². The summed E-state index contributed by atoms with van der Waals surface area (Å²) in [7, 11) is 0. The molecule has 0 aromatic heterocycles. The van der Waals surface area contributed by atoms with E-state index in [4.69, 9.17) is 9.47 Å². The van der Waals surface area contributed by atoms with E-state index in [0.717, 1.165) is 17.7 Å². The molecule has 2 fully saturated rings. The summed E-state index contributed by atoms with van der Waals surface area (Å²) >= 11 is 0. The van der Waals surface area contributed by atoms with E-state index in [1.165, 1.54) is 0 Å². The van der Waals surface area contributed by atoms with E-state index in [-0.39, 0.29) is 24.1 Å². The van der Waals surface area contributed by atoms with Crippen LogP contribution in [0.4, 0.5) is 5.69 Å². The number of benzene rings is 1. The van der Waals surface area contributed by atoms with Crippen molar-refractivity contribution < 1.29 is 19.1 Å². The molecule has 0 saturated carbocycles. The predicted molar refractivity (Wildman–Crippen MR) is 93.1 cm³/mol. The van der Waals surface area contributed by atoms with Gasteiger partial charge in [-0.15, -0.1) is 0 Å². The fourth-order valence-electron chi connectivity index (χ4n) is 4.36. The average Bonchev–Trinajstić information content (AvgIpc) is 3.22. The van der Waals surface area contributed by atoms with Gasteiger partial charge in [0.2, 0.25) is 5.91 Å². The lowest BCUT2D eigenvalue weighted by atomic mass is 9.77. The normalized spacial score (nSPS) is 32.6. The van der Waals surface area contributed by atoms with Crippen LogP contribution in [0.2, 0.25) is 0 Å². The SMILES string of the molecule is CCc1ccccc1N1C[C@]23C=C[C@@H](O2)[C@@H](C(=O)OC(C)C)[C@@H]3C1=O. The van der Waals surface area contributed by atoms with Crippen LogP contribution in [0, 0.1) is 11.8 Å². The molecule has 4 rings (SSSR count). The summed E-state index contributed by atoms with van der Waals surface area (Å²) in [4.78, 5) is 27.6. The molecule has 5 heteroatoms. The molecule has 3 heterocycles. The molecule has 0 unspecified atom stereocenters. The van der Waals surface area contributed by atoms with Gasteiger partial charge in [-0.25, -0.2) is 0 Å². The Morgan fingerprint density at radius 2 is 2.16 bits per heavy atom. The lowest BCUT2D eigenvalue weighted by Gasteiger charge is -2.24. The van der Waals surface area contributed by atoms with Crippen LogP contribution in [0.5, 0.6) is 0 Å². The van der Waals surface area contributed by atoms with Gasteiger partial charge in [0.1, 0.15) is 11.5 Å². The number of para-hydroxylation sites is 1. The Morgan fingerprint density at radius 3 is 2.88 bits per heavy atom. The zero-order valence-electron chi connectivity index (χ0n) is 14.8. The number of hydrogen-bond donors (Lipinski definition) is 0. The molecule has 1 amide bonds. The zero-order chi connectivity index (χ0) is 17.8. The maximum Gasteiger partial charge on any atom is 0.313 e. The molecule has 2 bridgehead atoms. The van der Waals surface area contributed by atoms with Crippen molar-refractivity contribution in [2.75, 3.05) is 11.4 Å². The molecule has 4 atom stereocenters. The number of ether oxygens (including phenoxy) is 2. The topological polar surface area (TPSA) is 55.8 Å². The Kier molecular flexibility index (Phi) is 3.72. The summed E-state index contributed by atoms with van der Waals surface area (Å²) in [6.07, 6.45) is 4.15. The van der Waals surface area contributed by atoms with Gasteiger partial charge in [0, 0.05) is 5.69 Å². The fourth-order valence-corrected chi connectivity index (χ4v) is 4.36. The van der Waals surface area contributed by atoms with Crippen LogP contribution in [0.25, 0.3) is 0 Å². The van der Waals surface area contributed by atoms with E-state index in [2.05, 4.69) is 6.92 Å². The van der Waals surface area contributed by atoms with Gasteiger partial charge >= 0.3 is 5.97 Å². The van der Waals surface area contributed by atoms with Crippen molar-refractivity contribution in [1.29, 1.82) is 0 Å². The first-order valence-corrected chi connectivity index (χ1v) is 8.94. The van der Waals surface area contributed by atoms with Crippen molar-refractivity contribution in [1.82, 2.24) is 0 Å². The second-order valence-electron chi connectivity index (χ2n) is 7.29. The number of aryl methyl sites for hydroxylation is 1. The van der Waals surface area contributed by atoms with Crippen molar-refractivity contribution >= 4 is 17.6 Å². The van der Waals surface area contributed by atoms with E-state index < -0.39 is 17.4 Å². The molecule has 5 nitrogen and oxygen atoms in total. The van der Waals surface area contributed by atoms with E-state index in [1.807, 2.05) is 50.3 Å². The van der Waals surface area contributed by atoms with Gasteiger partial charge in [-0.3, -0.25) is 9.59 Å². The van der Waals surface area contributed by atoms with Crippen LogP contribution in [-0.2, 0) is 25.5 Å². The predicted octanol–water partition coefficient (Wildman–Crippen LogP) is 2.49. The zero-order valence-corrected chi connectivity index (χ0v) is 14.8. The second kappa shape index (κ2) is 5.70. The quantitative estimate of drug-likeness (QED) is 0.624. The molecular weight excluding hydrogens is 318 g/mol. The molecule has 0 N–H and O–H groups in total. The minimum Gasteiger partial charge on any atom is -0.463 e. The highest BCUT2D eigenvalue weighted by Crippen LogP contribution is 2.53. The number of carbonyl (C=O) groups is 2. The van der Waals surface area contributed by atoms with Gasteiger partial charge in [0.15, 0.2) is 0 Å². The molecule has 2 saturated heterocycles. The third-order valence-corrected chi connectivity index (χ3v) is 5.39. The van der Waals surface area contributed by atoms with Crippen molar-refractivity contribution in [3.8, 4) is 0 Å². The first-order chi connectivity index (χ1) is 12.0. The van der Waals surface area contributed by atoms with Crippen molar-refractivity contribution in [2.45, 2.75) is 45.0 Å². The number of hydrogen-bond acceptors (Lipinski definition) is 4. The molecule has 1 aromatic carbocycles. The van der Waals surface area contributed by atoms with Gasteiger partial charge < -0.3 is 14.4 Å². The highest BCUT2D eigenvalue weighted by atomic mass is 16.6. The number of amides is 1. The summed E-state index contributed by atoms with van der Waals surface area (Å²) in [6.45, 7) is 6.16. The Morgan fingerprint density at radius 1 is 1.40 bits per heavy atom. The van der Waals surface area contributed by atoms with Gasteiger partial charge in [-0.1, -0.05) is 37.3 Å². The molecule has 3 aliphatic rings. The average molecular weight is 341 g/mol. The maximum atomic E-state index is 13.2. The molecule has 1 aromatic rings. The molecule has 0 radical (unpaired) electrons. The fraction of sp³-hybridized carbons (Fsp3) is 0.500. The van der Waals surface area contributed by atoms with Crippen LogP contribution in [-0.4, -0.2) is 36.2 Å². The van der Waals surface area contributed by atoms with Gasteiger partial charge in [0.05, 0.1) is 24.7 Å². The minimum absolute atomic E-state index is 0.0431. The molecule has 1 spiro atoms. The summed E-state index contributed by atoms with van der Waals surface area (Å²) in [6, 6.07) is 7.91. The summed E-state index contributed by atoms with van der Waals surface area (Å²) in [5, 5.41) is 0. The maximum absolute atomic E-state index is 13.2. The third-order valence-electron chi connectivity index (χ3n) is 5.39. The van der Waals surface area contributed by atoms with Gasteiger partial charge in [0.25, 0.3) is 0 Å². The number of nitrogens with zero attached hydrogens (tertiary/aromatic N) is 1. The van der Waals surface area contributed by atoms with E-state index in [9.17, 15) is 9.59 Å². The lowest BCUT2D eigenvalue weighted by Crippen LogP contribution is -2.40. The Hall–Kier alpha value is -2.14. The van der Waals surface area contributed by atoms with Crippen LogP contribution < -0.4 is 4.90 Å². The van der Waals surface area contributed by atoms with E-state index in [0.29, 0.717) is 6.54 Å². The Balaban J connectivity index is 1.69. The first-order valence-electron chi connectivity index (χ1n) is 8.94. The van der Waals surface area contributed by atoms with Crippen molar-refractivity contribution in [3.05, 3.63) is 42.0 Å². The summed E-state index contributed by atoms with van der Waals surface area (Å²) in [5.74, 6) is -1.44. The standard InChI is InChI=1S/C20H23NO4/c1-4-13-7-5-6-8-14(13)21-11-20-10-9-15(25-20)16(17(20)18(21)22)19(23)24-12(2)3/h5-10,12,15-17H,4,11H2,1-3H3/t15-,16-,17-,20+/m1/s1. The smallest absolute Gasteiger partial charge is 0.313 e. The van der Waals surface area contributed by atoms with Crippen molar-refractivity contribution in [2.24, 2.45) is 11.8 Å². The summed E-state index contributed by atoms with van der Waals surface area (Å²) < 4.78 is 11.5. The highest BCUT2D eigenvalue weighted by Gasteiger charge is 2.67. The number of rotatable bonds is 4. The molecule has 0 aliphatic carbocycles. The third kappa shape index (κ3) is 2.33. The summed E-state index contributed by atoms with van der Waals surface area (Å²) in [5.41, 5.74) is 1.32. The number of esters is 1. The number of carbonyl (C=O) groups excluding carboxylic acids is 2. The number of fused-ring (bicyclic) bond motifs is 1. The van der Waals surface area contributed by atoms with Crippen LogP contribution in [0.1, 0.15) is 26.3 Å². The molecule has 25 heavy (non-hydrogen) atoms. The van der Waals surface area contributed by atoms with Crippen molar-refractivity contribution in [3.63, 3.8) is 0 Å². The number of anilines is 1. The molecule has 3 aliphatic heterocycles. The van der Waals surface area contributed by atoms with Crippen LogP contribution >= 0.6 is 0 Å². The Labute approximate surface area is 147 Å². The monoisotopic (exact) mass is 341 g/mol. The molecular formula is C20H23NO4. The van der Waals surface area contributed by atoms with Crippen LogP contribution in [0.15, 0.2) is 36.4 Å². The minimum atomic E-state index is -0.705. The van der Waals surface area contributed by atoms with Gasteiger partial charge in [-0.05, 0) is 31.9 Å². The highest BCUT2D eigenvalue weighted by molar-refractivity contribution is 6.03. The van der Waals surface area contributed by atoms with Gasteiger partial charge in [-0.2, -0.15) is 0 Å². The first kappa shape index (κ1) is 16.3. The van der Waals surface area contributed by atoms with Crippen LogP contribution in [0.3, 0.4) is 0 Å². The largest absolute Gasteiger partial charge is 0.463 e. The lowest BCUT2D eigenvalue weighted by molar-refractivity contribution is -0.156. The molecule has 132 valence electrons.